The zero-order chi connectivity index (χ0) is 23.5. The minimum Gasteiger partial charge on any atom is -0.458 e. The SMILES string of the molecule is C[C@H](Nc1c(C(=O)NCc2ccc3c(c2)OCO3)cccc1[N+](=O)[O-])C(=O)OC(C)(C)C. The maximum atomic E-state index is 12.9. The van der Waals surface area contributed by atoms with Crippen LogP contribution in [0.5, 0.6) is 11.5 Å². The summed E-state index contributed by atoms with van der Waals surface area (Å²) in [6.45, 7) is 6.98. The Labute approximate surface area is 185 Å². The van der Waals surface area contributed by atoms with Gasteiger partial charge in [-0.3, -0.25) is 14.9 Å². The monoisotopic (exact) mass is 443 g/mol. The van der Waals surface area contributed by atoms with Gasteiger partial charge in [-0.2, -0.15) is 0 Å². The molecule has 10 heteroatoms. The lowest BCUT2D eigenvalue weighted by Gasteiger charge is -2.23. The molecule has 0 radical (unpaired) electrons. The van der Waals surface area contributed by atoms with Gasteiger partial charge < -0.3 is 24.8 Å². The highest BCUT2D eigenvalue weighted by Gasteiger charge is 2.27. The van der Waals surface area contributed by atoms with Crippen LogP contribution < -0.4 is 20.1 Å². The van der Waals surface area contributed by atoms with Crippen LogP contribution in [0, 0.1) is 10.1 Å². The second-order valence-corrected chi connectivity index (χ2v) is 8.23. The molecule has 1 amide bonds. The Morgan fingerprint density at radius 3 is 2.59 bits per heavy atom. The lowest BCUT2D eigenvalue weighted by atomic mass is 10.1. The van der Waals surface area contributed by atoms with Gasteiger partial charge in [-0.15, -0.1) is 0 Å². The molecule has 0 bridgehead atoms. The van der Waals surface area contributed by atoms with E-state index in [0.717, 1.165) is 5.56 Å². The maximum Gasteiger partial charge on any atom is 0.328 e. The van der Waals surface area contributed by atoms with Crippen molar-refractivity contribution in [3.63, 3.8) is 0 Å². The molecule has 3 rings (SSSR count). The third kappa shape index (κ3) is 5.45. The molecular weight excluding hydrogens is 418 g/mol. The van der Waals surface area contributed by atoms with E-state index in [-0.39, 0.29) is 30.3 Å². The van der Waals surface area contributed by atoms with Gasteiger partial charge in [0.2, 0.25) is 6.79 Å². The first-order valence-electron chi connectivity index (χ1n) is 9.98. The van der Waals surface area contributed by atoms with Gasteiger partial charge in [0, 0.05) is 12.6 Å². The Kier molecular flexibility index (Phi) is 6.52. The summed E-state index contributed by atoms with van der Waals surface area (Å²) >= 11 is 0. The van der Waals surface area contributed by atoms with Crippen molar-refractivity contribution in [3.8, 4) is 11.5 Å². The normalized spacial score (nSPS) is 13.2. The van der Waals surface area contributed by atoms with E-state index in [9.17, 15) is 19.7 Å². The Balaban J connectivity index is 1.79. The number of anilines is 1. The number of hydrogen-bond donors (Lipinski definition) is 2. The lowest BCUT2D eigenvalue weighted by molar-refractivity contribution is -0.384. The largest absolute Gasteiger partial charge is 0.458 e. The fraction of sp³-hybridized carbons (Fsp3) is 0.364. The van der Waals surface area contributed by atoms with E-state index < -0.39 is 28.4 Å². The van der Waals surface area contributed by atoms with Crippen LogP contribution in [0.1, 0.15) is 43.6 Å². The van der Waals surface area contributed by atoms with Gasteiger partial charge in [-0.25, -0.2) is 4.79 Å². The van der Waals surface area contributed by atoms with Crippen LogP contribution in [-0.4, -0.2) is 35.2 Å². The minimum absolute atomic E-state index is 0.0374. The molecule has 10 nitrogen and oxygen atoms in total. The van der Waals surface area contributed by atoms with E-state index >= 15 is 0 Å². The molecule has 1 aliphatic heterocycles. The van der Waals surface area contributed by atoms with Crippen LogP contribution in [0.4, 0.5) is 11.4 Å². The van der Waals surface area contributed by atoms with E-state index in [4.69, 9.17) is 14.2 Å². The van der Waals surface area contributed by atoms with Crippen LogP contribution >= 0.6 is 0 Å². The van der Waals surface area contributed by atoms with Gasteiger partial charge >= 0.3 is 5.97 Å². The van der Waals surface area contributed by atoms with Gasteiger partial charge in [0.1, 0.15) is 17.3 Å². The highest BCUT2D eigenvalue weighted by Crippen LogP contribution is 2.33. The van der Waals surface area contributed by atoms with Crippen LogP contribution in [0.25, 0.3) is 0 Å². The molecule has 0 saturated carbocycles. The molecule has 0 fully saturated rings. The number of nitrogens with zero attached hydrogens (tertiary/aromatic N) is 1. The van der Waals surface area contributed by atoms with Crippen molar-refractivity contribution in [2.24, 2.45) is 0 Å². The van der Waals surface area contributed by atoms with Crippen molar-refractivity contribution >= 4 is 23.3 Å². The first-order chi connectivity index (χ1) is 15.0. The van der Waals surface area contributed by atoms with Crippen molar-refractivity contribution < 1.29 is 28.7 Å². The van der Waals surface area contributed by atoms with Crippen molar-refractivity contribution in [3.05, 3.63) is 57.6 Å². The number of carbonyl (C=O) groups excluding carboxylic acids is 2. The zero-order valence-corrected chi connectivity index (χ0v) is 18.3. The number of fused-ring (bicyclic) bond motifs is 1. The molecule has 0 unspecified atom stereocenters. The molecule has 0 aromatic heterocycles. The van der Waals surface area contributed by atoms with Crippen molar-refractivity contribution in [1.29, 1.82) is 0 Å². The fourth-order valence-corrected chi connectivity index (χ4v) is 3.03. The lowest BCUT2D eigenvalue weighted by Crippen LogP contribution is -2.35. The maximum absolute atomic E-state index is 12.9. The number of esters is 1. The molecule has 0 spiro atoms. The summed E-state index contributed by atoms with van der Waals surface area (Å²) < 4.78 is 15.9. The van der Waals surface area contributed by atoms with Gasteiger partial charge in [0.15, 0.2) is 11.5 Å². The Hall–Kier alpha value is -3.82. The number of benzene rings is 2. The number of rotatable bonds is 7. The van der Waals surface area contributed by atoms with Crippen molar-refractivity contribution in [1.82, 2.24) is 5.32 Å². The second-order valence-electron chi connectivity index (χ2n) is 8.23. The molecule has 2 aromatic rings. The summed E-state index contributed by atoms with van der Waals surface area (Å²) in [6.07, 6.45) is 0. The highest BCUT2D eigenvalue weighted by atomic mass is 16.7. The molecule has 2 N–H and O–H groups in total. The van der Waals surface area contributed by atoms with Crippen LogP contribution in [-0.2, 0) is 16.1 Å². The van der Waals surface area contributed by atoms with Crippen LogP contribution in [0.3, 0.4) is 0 Å². The smallest absolute Gasteiger partial charge is 0.328 e. The highest BCUT2D eigenvalue weighted by molar-refractivity contribution is 6.02. The standard InChI is InChI=1S/C22H25N3O7/c1-13(21(27)32-22(2,3)4)24-19-15(6-5-7-16(19)25(28)29)20(26)23-11-14-8-9-17-18(10-14)31-12-30-17/h5-10,13,24H,11-12H2,1-4H3,(H,23,26)/t13-/m0/s1. The number of nitrogens with one attached hydrogen (secondary N) is 2. The van der Waals surface area contributed by atoms with Gasteiger partial charge in [0.25, 0.3) is 11.6 Å². The number of nitro benzene ring substituents is 1. The minimum atomic E-state index is -0.921. The molecule has 1 heterocycles. The average molecular weight is 443 g/mol. The third-order valence-electron chi connectivity index (χ3n) is 4.50. The second kappa shape index (κ2) is 9.13. The summed E-state index contributed by atoms with van der Waals surface area (Å²) in [5, 5.41) is 17.1. The topological polar surface area (TPSA) is 129 Å². The number of ether oxygens (including phenoxy) is 3. The van der Waals surface area contributed by atoms with E-state index in [1.54, 1.807) is 39.0 Å². The number of para-hydroxylation sites is 1. The molecule has 32 heavy (non-hydrogen) atoms. The van der Waals surface area contributed by atoms with E-state index in [2.05, 4.69) is 10.6 Å². The molecular formula is C22H25N3O7. The predicted molar refractivity (Wildman–Crippen MR) is 116 cm³/mol. The summed E-state index contributed by atoms with van der Waals surface area (Å²) in [5.41, 5.74) is -0.296. The number of carbonyl (C=O) groups is 2. The molecule has 0 aliphatic carbocycles. The Morgan fingerprint density at radius 1 is 1.19 bits per heavy atom. The van der Waals surface area contributed by atoms with Crippen molar-refractivity contribution in [2.75, 3.05) is 12.1 Å². The zero-order valence-electron chi connectivity index (χ0n) is 18.3. The van der Waals surface area contributed by atoms with E-state index in [0.29, 0.717) is 11.5 Å². The summed E-state index contributed by atoms with van der Waals surface area (Å²) in [7, 11) is 0. The van der Waals surface area contributed by atoms with Crippen molar-refractivity contribution in [2.45, 2.75) is 45.9 Å². The first kappa shape index (κ1) is 22.9. The fourth-order valence-electron chi connectivity index (χ4n) is 3.03. The van der Waals surface area contributed by atoms with E-state index in [1.807, 2.05) is 0 Å². The van der Waals surface area contributed by atoms with Gasteiger partial charge in [0.05, 0.1) is 10.5 Å². The average Bonchev–Trinajstić information content (AvgIpc) is 3.18. The summed E-state index contributed by atoms with van der Waals surface area (Å²) in [5.74, 6) is 0.0784. The number of nitro groups is 1. The molecule has 0 saturated heterocycles. The van der Waals surface area contributed by atoms with Gasteiger partial charge in [-0.05, 0) is 51.5 Å². The van der Waals surface area contributed by atoms with Crippen LogP contribution in [0.2, 0.25) is 0 Å². The van der Waals surface area contributed by atoms with E-state index in [1.165, 1.54) is 25.1 Å². The van der Waals surface area contributed by atoms with Gasteiger partial charge in [-0.1, -0.05) is 12.1 Å². The predicted octanol–water partition coefficient (Wildman–Crippen LogP) is 3.40. The molecule has 1 aliphatic rings. The molecule has 1 atom stereocenters. The van der Waals surface area contributed by atoms with Crippen LogP contribution in [0.15, 0.2) is 36.4 Å². The molecule has 170 valence electrons. The third-order valence-corrected chi connectivity index (χ3v) is 4.50. The number of amides is 1. The quantitative estimate of drug-likeness (QED) is 0.378. The first-order valence-corrected chi connectivity index (χ1v) is 9.98. The summed E-state index contributed by atoms with van der Waals surface area (Å²) in [4.78, 5) is 36.2. The molecule has 2 aromatic carbocycles. The Bertz CT molecular complexity index is 1050. The summed E-state index contributed by atoms with van der Waals surface area (Å²) in [6, 6.07) is 8.48. The number of hydrogen-bond acceptors (Lipinski definition) is 8. The Morgan fingerprint density at radius 2 is 1.91 bits per heavy atom.